The molecule has 3 atom stereocenters. The van der Waals surface area contributed by atoms with E-state index in [1.165, 1.54) is 5.56 Å². The molecule has 3 unspecified atom stereocenters. The highest BCUT2D eigenvalue weighted by molar-refractivity contribution is 5.81. The summed E-state index contributed by atoms with van der Waals surface area (Å²) < 4.78 is 5.81. The van der Waals surface area contributed by atoms with Gasteiger partial charge in [0.1, 0.15) is 11.8 Å². The van der Waals surface area contributed by atoms with Crippen LogP contribution in [0.25, 0.3) is 0 Å². The maximum atomic E-state index is 11.7. The van der Waals surface area contributed by atoms with Gasteiger partial charge in [-0.2, -0.15) is 0 Å². The van der Waals surface area contributed by atoms with Gasteiger partial charge in [0.25, 0.3) is 5.91 Å². The Morgan fingerprint density at radius 1 is 1.12 bits per heavy atom. The SMILES string of the molecule is CC1C(C(=O)NN)NNC1c1ccc(OCCc2ccccc2)cc1. The van der Waals surface area contributed by atoms with Crippen LogP contribution in [0.5, 0.6) is 5.75 Å². The van der Waals surface area contributed by atoms with Crippen molar-refractivity contribution in [2.45, 2.75) is 25.4 Å². The average Bonchev–Trinajstić information content (AvgIpc) is 3.04. The molecule has 1 heterocycles. The second-order valence-electron chi connectivity index (χ2n) is 6.26. The largest absolute Gasteiger partial charge is 0.493 e. The summed E-state index contributed by atoms with van der Waals surface area (Å²) in [6, 6.07) is 17.9. The fraction of sp³-hybridized carbons (Fsp3) is 0.316. The molecule has 6 heteroatoms. The predicted octanol–water partition coefficient (Wildman–Crippen LogP) is 1.45. The van der Waals surface area contributed by atoms with Crippen molar-refractivity contribution in [2.75, 3.05) is 6.61 Å². The van der Waals surface area contributed by atoms with E-state index in [0.717, 1.165) is 17.7 Å². The summed E-state index contributed by atoms with van der Waals surface area (Å²) in [4.78, 5) is 11.7. The highest BCUT2D eigenvalue weighted by Crippen LogP contribution is 2.29. The lowest BCUT2D eigenvalue weighted by molar-refractivity contribution is -0.123. The van der Waals surface area contributed by atoms with E-state index in [-0.39, 0.29) is 23.9 Å². The van der Waals surface area contributed by atoms with Gasteiger partial charge in [0.05, 0.1) is 12.6 Å². The number of hydrogen-bond acceptors (Lipinski definition) is 5. The standard InChI is InChI=1S/C19H24N4O2/c1-13-17(22-23-18(13)19(24)21-20)15-7-9-16(10-8-15)25-12-11-14-5-3-2-4-6-14/h2-10,13,17-18,22-23H,11-12,20H2,1H3,(H,21,24). The van der Waals surface area contributed by atoms with Gasteiger partial charge in [-0.05, 0) is 23.3 Å². The second-order valence-corrected chi connectivity index (χ2v) is 6.26. The zero-order chi connectivity index (χ0) is 17.6. The third-order valence-electron chi connectivity index (χ3n) is 4.61. The van der Waals surface area contributed by atoms with Gasteiger partial charge in [-0.1, -0.05) is 49.4 Å². The number of ether oxygens (including phenoxy) is 1. The molecule has 1 saturated heterocycles. The Morgan fingerprint density at radius 3 is 2.52 bits per heavy atom. The first-order chi connectivity index (χ1) is 12.2. The molecular formula is C19H24N4O2. The van der Waals surface area contributed by atoms with Crippen LogP contribution < -0.4 is 26.9 Å². The zero-order valence-corrected chi connectivity index (χ0v) is 14.2. The van der Waals surface area contributed by atoms with Gasteiger partial charge >= 0.3 is 0 Å². The van der Waals surface area contributed by atoms with Crippen molar-refractivity contribution in [3.05, 3.63) is 65.7 Å². The minimum atomic E-state index is -0.350. The van der Waals surface area contributed by atoms with Gasteiger partial charge in [-0.25, -0.2) is 16.7 Å². The summed E-state index contributed by atoms with van der Waals surface area (Å²) in [7, 11) is 0. The Hall–Kier alpha value is -2.41. The van der Waals surface area contributed by atoms with Crippen molar-refractivity contribution in [1.29, 1.82) is 0 Å². The molecule has 5 N–H and O–H groups in total. The van der Waals surface area contributed by atoms with E-state index in [0.29, 0.717) is 6.61 Å². The predicted molar refractivity (Wildman–Crippen MR) is 96.4 cm³/mol. The Balaban J connectivity index is 1.54. The fourth-order valence-corrected chi connectivity index (χ4v) is 3.12. The van der Waals surface area contributed by atoms with Crippen molar-refractivity contribution in [3.8, 4) is 5.75 Å². The summed E-state index contributed by atoms with van der Waals surface area (Å²) in [5, 5.41) is 0. The van der Waals surface area contributed by atoms with E-state index in [1.807, 2.05) is 49.4 Å². The minimum Gasteiger partial charge on any atom is -0.493 e. The average molecular weight is 340 g/mol. The lowest BCUT2D eigenvalue weighted by Crippen LogP contribution is -2.47. The topological polar surface area (TPSA) is 88.4 Å². The number of carbonyl (C=O) groups is 1. The maximum Gasteiger partial charge on any atom is 0.252 e. The Labute approximate surface area is 147 Å². The van der Waals surface area contributed by atoms with Crippen LogP contribution in [0.1, 0.15) is 24.1 Å². The number of amides is 1. The highest BCUT2D eigenvalue weighted by atomic mass is 16.5. The maximum absolute atomic E-state index is 11.7. The van der Waals surface area contributed by atoms with E-state index in [1.54, 1.807) is 0 Å². The molecule has 1 fully saturated rings. The van der Waals surface area contributed by atoms with Crippen LogP contribution >= 0.6 is 0 Å². The molecule has 2 aromatic carbocycles. The molecule has 0 spiro atoms. The van der Waals surface area contributed by atoms with E-state index in [4.69, 9.17) is 10.6 Å². The van der Waals surface area contributed by atoms with Gasteiger partial charge < -0.3 is 4.74 Å². The first-order valence-corrected chi connectivity index (χ1v) is 8.47. The zero-order valence-electron chi connectivity index (χ0n) is 14.2. The number of benzene rings is 2. The molecule has 0 radical (unpaired) electrons. The third kappa shape index (κ3) is 4.17. The van der Waals surface area contributed by atoms with Crippen LogP contribution in [-0.2, 0) is 11.2 Å². The van der Waals surface area contributed by atoms with Crippen molar-refractivity contribution < 1.29 is 9.53 Å². The van der Waals surface area contributed by atoms with Crippen molar-refractivity contribution in [3.63, 3.8) is 0 Å². The van der Waals surface area contributed by atoms with Crippen LogP contribution in [-0.4, -0.2) is 18.6 Å². The van der Waals surface area contributed by atoms with Gasteiger partial charge in [0.2, 0.25) is 0 Å². The lowest BCUT2D eigenvalue weighted by atomic mass is 9.91. The van der Waals surface area contributed by atoms with E-state index < -0.39 is 0 Å². The number of nitrogens with one attached hydrogen (secondary N) is 3. The molecule has 6 nitrogen and oxygen atoms in total. The quantitative estimate of drug-likeness (QED) is 0.363. The van der Waals surface area contributed by atoms with Crippen LogP contribution in [0.2, 0.25) is 0 Å². The monoisotopic (exact) mass is 340 g/mol. The first-order valence-electron chi connectivity index (χ1n) is 8.47. The molecule has 3 rings (SSSR count). The number of hydrazine groups is 2. The van der Waals surface area contributed by atoms with Crippen molar-refractivity contribution in [1.82, 2.24) is 16.3 Å². The van der Waals surface area contributed by atoms with Gasteiger partial charge in [0.15, 0.2) is 0 Å². The molecule has 1 aliphatic rings. The normalized spacial score (nSPS) is 22.6. The van der Waals surface area contributed by atoms with E-state index >= 15 is 0 Å². The van der Waals surface area contributed by atoms with E-state index in [2.05, 4.69) is 28.4 Å². The van der Waals surface area contributed by atoms with E-state index in [9.17, 15) is 4.79 Å². The molecular weight excluding hydrogens is 316 g/mol. The molecule has 1 aliphatic heterocycles. The van der Waals surface area contributed by atoms with Gasteiger partial charge in [0, 0.05) is 12.3 Å². The lowest BCUT2D eigenvalue weighted by Gasteiger charge is -2.18. The van der Waals surface area contributed by atoms with Gasteiger partial charge in [-0.3, -0.25) is 10.2 Å². The second kappa shape index (κ2) is 8.11. The minimum absolute atomic E-state index is 0.0423. The molecule has 132 valence electrons. The summed E-state index contributed by atoms with van der Waals surface area (Å²) in [5.74, 6) is 5.92. The molecule has 0 saturated carbocycles. The summed E-state index contributed by atoms with van der Waals surface area (Å²) in [6.45, 7) is 2.66. The van der Waals surface area contributed by atoms with Crippen LogP contribution in [0.3, 0.4) is 0 Å². The Morgan fingerprint density at radius 2 is 1.84 bits per heavy atom. The molecule has 2 aromatic rings. The number of rotatable bonds is 6. The van der Waals surface area contributed by atoms with Crippen LogP contribution in [0, 0.1) is 5.92 Å². The number of carbonyl (C=O) groups excluding carboxylic acids is 1. The summed E-state index contributed by atoms with van der Waals surface area (Å²) in [6.07, 6.45) is 0.879. The van der Waals surface area contributed by atoms with Crippen molar-refractivity contribution in [2.24, 2.45) is 11.8 Å². The summed E-state index contributed by atoms with van der Waals surface area (Å²) >= 11 is 0. The smallest absolute Gasteiger partial charge is 0.252 e. The first kappa shape index (κ1) is 17.4. The molecule has 0 aliphatic carbocycles. The van der Waals surface area contributed by atoms with Crippen molar-refractivity contribution >= 4 is 5.91 Å². The highest BCUT2D eigenvalue weighted by Gasteiger charge is 2.37. The van der Waals surface area contributed by atoms with Crippen LogP contribution in [0.4, 0.5) is 0 Å². The molecule has 0 aromatic heterocycles. The summed E-state index contributed by atoms with van der Waals surface area (Å²) in [5.41, 5.74) is 10.7. The van der Waals surface area contributed by atoms with Crippen LogP contribution in [0.15, 0.2) is 54.6 Å². The molecule has 0 bridgehead atoms. The molecule has 25 heavy (non-hydrogen) atoms. The number of hydrogen-bond donors (Lipinski definition) is 4. The molecule has 1 amide bonds. The number of nitrogens with two attached hydrogens (primary N) is 1. The fourth-order valence-electron chi connectivity index (χ4n) is 3.12. The Kier molecular flexibility index (Phi) is 5.65. The van der Waals surface area contributed by atoms with Gasteiger partial charge in [-0.15, -0.1) is 0 Å². The Bertz CT molecular complexity index is 690. The third-order valence-corrected chi connectivity index (χ3v) is 4.61.